The van der Waals surface area contributed by atoms with Crippen molar-refractivity contribution in [3.63, 3.8) is 0 Å². The van der Waals surface area contributed by atoms with Gasteiger partial charge in [-0.3, -0.25) is 4.79 Å². The molecule has 1 aliphatic heterocycles. The van der Waals surface area contributed by atoms with Gasteiger partial charge < -0.3 is 10.6 Å². The van der Waals surface area contributed by atoms with E-state index in [1.54, 1.807) is 0 Å². The predicted molar refractivity (Wildman–Crippen MR) is 79.1 cm³/mol. The van der Waals surface area contributed by atoms with Gasteiger partial charge >= 0.3 is 6.18 Å². The molecule has 1 aliphatic rings. The summed E-state index contributed by atoms with van der Waals surface area (Å²) in [6.07, 6.45) is -3.69. The molecule has 4 nitrogen and oxygen atoms in total. The highest BCUT2D eigenvalue weighted by molar-refractivity contribution is 5.95. The van der Waals surface area contributed by atoms with E-state index in [1.807, 2.05) is 6.92 Å². The second-order valence-corrected chi connectivity index (χ2v) is 5.38. The Morgan fingerprint density at radius 3 is 2.64 bits per heavy atom. The largest absolute Gasteiger partial charge is 0.433 e. The van der Waals surface area contributed by atoms with Crippen molar-refractivity contribution in [2.75, 3.05) is 13.1 Å². The van der Waals surface area contributed by atoms with Crippen LogP contribution in [0.3, 0.4) is 0 Å². The molecular formula is C14H19ClF3N3O. The lowest BCUT2D eigenvalue weighted by atomic mass is 9.95. The molecule has 1 aromatic rings. The van der Waals surface area contributed by atoms with Gasteiger partial charge in [-0.15, -0.1) is 12.4 Å². The number of pyridine rings is 1. The number of rotatable bonds is 2. The van der Waals surface area contributed by atoms with E-state index in [0.717, 1.165) is 25.6 Å². The minimum absolute atomic E-state index is 0. The van der Waals surface area contributed by atoms with Crippen molar-refractivity contribution in [3.05, 3.63) is 29.1 Å². The number of piperidine rings is 1. The topological polar surface area (TPSA) is 54.0 Å². The molecule has 0 aromatic carbocycles. The van der Waals surface area contributed by atoms with Crippen LogP contribution in [0.2, 0.25) is 0 Å². The predicted octanol–water partition coefficient (Wildman–Crippen LogP) is 2.56. The Bertz CT molecular complexity index is 537. The van der Waals surface area contributed by atoms with Crippen molar-refractivity contribution in [3.8, 4) is 0 Å². The van der Waals surface area contributed by atoms with Crippen LogP contribution in [-0.4, -0.2) is 30.0 Å². The summed E-state index contributed by atoms with van der Waals surface area (Å²) in [5.74, 6) is -0.0853. The van der Waals surface area contributed by atoms with Crippen LogP contribution in [0, 0.1) is 12.8 Å². The van der Waals surface area contributed by atoms with E-state index in [1.165, 1.54) is 13.0 Å². The van der Waals surface area contributed by atoms with Crippen LogP contribution in [0.25, 0.3) is 0 Å². The molecule has 1 saturated heterocycles. The Labute approximate surface area is 133 Å². The lowest BCUT2D eigenvalue weighted by molar-refractivity contribution is -0.141. The summed E-state index contributed by atoms with van der Waals surface area (Å²) >= 11 is 0. The van der Waals surface area contributed by atoms with Gasteiger partial charge in [-0.05, 0) is 44.5 Å². The van der Waals surface area contributed by atoms with Crippen molar-refractivity contribution in [2.45, 2.75) is 32.5 Å². The number of hydrogen-bond donors (Lipinski definition) is 2. The van der Waals surface area contributed by atoms with Crippen LogP contribution in [0.1, 0.15) is 35.1 Å². The van der Waals surface area contributed by atoms with Gasteiger partial charge in [0.25, 0.3) is 5.91 Å². The molecule has 22 heavy (non-hydrogen) atoms. The van der Waals surface area contributed by atoms with Crippen molar-refractivity contribution < 1.29 is 18.0 Å². The Hall–Kier alpha value is -1.34. The number of aromatic nitrogens is 1. The second kappa shape index (κ2) is 7.28. The fraction of sp³-hybridized carbons (Fsp3) is 0.571. The zero-order valence-corrected chi connectivity index (χ0v) is 13.1. The number of carbonyl (C=O) groups excluding carboxylic acids is 1. The molecule has 0 saturated carbocycles. The van der Waals surface area contributed by atoms with Gasteiger partial charge in [0.1, 0.15) is 5.69 Å². The van der Waals surface area contributed by atoms with E-state index < -0.39 is 11.9 Å². The standard InChI is InChI=1S/C14H18F3N3O.ClH/c1-8-7-18-6-5-11(8)20-13(21)10-3-4-12(14(15,16)17)19-9(10)2;/h3-4,8,11,18H,5-7H2,1-2H3,(H,20,21);1H. The number of carbonyl (C=O) groups is 1. The SMILES string of the molecule is Cc1nc(C(F)(F)F)ccc1C(=O)NC1CCNCC1C.Cl. The average molecular weight is 338 g/mol. The number of alkyl halides is 3. The first-order valence-electron chi connectivity index (χ1n) is 6.85. The van der Waals surface area contributed by atoms with Gasteiger partial charge in [0.2, 0.25) is 0 Å². The molecule has 2 rings (SSSR count). The first-order chi connectivity index (χ1) is 9.79. The van der Waals surface area contributed by atoms with Crippen LogP contribution in [0.5, 0.6) is 0 Å². The van der Waals surface area contributed by atoms with E-state index in [2.05, 4.69) is 15.6 Å². The molecule has 0 aliphatic carbocycles. The molecule has 1 aromatic heterocycles. The van der Waals surface area contributed by atoms with Crippen molar-refractivity contribution in [1.29, 1.82) is 0 Å². The summed E-state index contributed by atoms with van der Waals surface area (Å²) < 4.78 is 37.7. The molecular weight excluding hydrogens is 319 g/mol. The van der Waals surface area contributed by atoms with Crippen molar-refractivity contribution in [1.82, 2.24) is 15.6 Å². The molecule has 1 amide bonds. The molecule has 124 valence electrons. The molecule has 0 radical (unpaired) electrons. The van der Waals surface area contributed by atoms with Crippen LogP contribution in [-0.2, 0) is 6.18 Å². The number of amides is 1. The third kappa shape index (κ3) is 4.33. The van der Waals surface area contributed by atoms with E-state index in [-0.39, 0.29) is 41.5 Å². The smallest absolute Gasteiger partial charge is 0.349 e. The fourth-order valence-electron chi connectivity index (χ4n) is 2.43. The van der Waals surface area contributed by atoms with E-state index >= 15 is 0 Å². The number of aryl methyl sites for hydroxylation is 1. The summed E-state index contributed by atoms with van der Waals surface area (Å²) in [4.78, 5) is 15.7. The van der Waals surface area contributed by atoms with Crippen LogP contribution >= 0.6 is 12.4 Å². The maximum Gasteiger partial charge on any atom is 0.433 e. The number of nitrogens with zero attached hydrogens (tertiary/aromatic N) is 1. The van der Waals surface area contributed by atoms with Gasteiger partial charge in [0, 0.05) is 6.04 Å². The second-order valence-electron chi connectivity index (χ2n) is 5.38. The molecule has 0 bridgehead atoms. The number of halogens is 4. The summed E-state index contributed by atoms with van der Waals surface area (Å²) in [6, 6.07) is 2.06. The van der Waals surface area contributed by atoms with Crippen LogP contribution in [0.4, 0.5) is 13.2 Å². The van der Waals surface area contributed by atoms with Crippen LogP contribution < -0.4 is 10.6 Å². The van der Waals surface area contributed by atoms with Crippen molar-refractivity contribution in [2.24, 2.45) is 5.92 Å². The van der Waals surface area contributed by atoms with E-state index in [4.69, 9.17) is 0 Å². The highest BCUT2D eigenvalue weighted by atomic mass is 35.5. The normalized spacial score (nSPS) is 21.9. The fourth-order valence-corrected chi connectivity index (χ4v) is 2.43. The lowest BCUT2D eigenvalue weighted by Gasteiger charge is -2.30. The molecule has 2 unspecified atom stereocenters. The molecule has 1 fully saturated rings. The maximum absolute atomic E-state index is 12.6. The van der Waals surface area contributed by atoms with Gasteiger partial charge in [-0.2, -0.15) is 13.2 Å². The van der Waals surface area contributed by atoms with Gasteiger partial charge in [0.15, 0.2) is 0 Å². The van der Waals surface area contributed by atoms with Crippen molar-refractivity contribution >= 4 is 18.3 Å². The minimum Gasteiger partial charge on any atom is -0.349 e. The van der Waals surface area contributed by atoms with E-state index in [0.29, 0.717) is 0 Å². The highest BCUT2D eigenvalue weighted by Gasteiger charge is 2.33. The molecule has 8 heteroatoms. The van der Waals surface area contributed by atoms with Gasteiger partial charge in [-0.1, -0.05) is 6.92 Å². The number of hydrogen-bond acceptors (Lipinski definition) is 3. The third-order valence-electron chi connectivity index (χ3n) is 3.72. The number of nitrogens with one attached hydrogen (secondary N) is 2. The summed E-state index contributed by atoms with van der Waals surface area (Å²) in [5, 5.41) is 6.11. The molecule has 2 N–H and O–H groups in total. The zero-order valence-electron chi connectivity index (χ0n) is 12.3. The summed E-state index contributed by atoms with van der Waals surface area (Å²) in [7, 11) is 0. The first kappa shape index (κ1) is 18.7. The Kier molecular flexibility index (Phi) is 6.19. The highest BCUT2D eigenvalue weighted by Crippen LogP contribution is 2.28. The summed E-state index contributed by atoms with van der Waals surface area (Å²) in [5.41, 5.74) is -0.704. The van der Waals surface area contributed by atoms with Crippen LogP contribution in [0.15, 0.2) is 12.1 Å². The Balaban J connectivity index is 0.00000242. The lowest BCUT2D eigenvalue weighted by Crippen LogP contribution is -2.48. The monoisotopic (exact) mass is 337 g/mol. The average Bonchev–Trinajstić information content (AvgIpc) is 2.40. The molecule has 2 heterocycles. The quantitative estimate of drug-likeness (QED) is 0.872. The third-order valence-corrected chi connectivity index (χ3v) is 3.72. The Morgan fingerprint density at radius 2 is 2.09 bits per heavy atom. The zero-order chi connectivity index (χ0) is 15.6. The van der Waals surface area contributed by atoms with Gasteiger partial charge in [-0.25, -0.2) is 4.98 Å². The maximum atomic E-state index is 12.6. The van der Waals surface area contributed by atoms with E-state index in [9.17, 15) is 18.0 Å². The molecule has 0 spiro atoms. The molecule has 2 atom stereocenters. The summed E-state index contributed by atoms with van der Waals surface area (Å²) in [6.45, 7) is 5.07. The first-order valence-corrected chi connectivity index (χ1v) is 6.85. The minimum atomic E-state index is -4.50. The van der Waals surface area contributed by atoms with Gasteiger partial charge in [0.05, 0.1) is 11.3 Å². The Morgan fingerprint density at radius 1 is 1.41 bits per heavy atom.